The molecule has 0 radical (unpaired) electrons. The molecule has 0 amide bonds. The predicted octanol–water partition coefficient (Wildman–Crippen LogP) is 3.93. The summed E-state index contributed by atoms with van der Waals surface area (Å²) < 4.78 is 55.0. The van der Waals surface area contributed by atoms with Crippen LogP contribution in [0.5, 0.6) is 0 Å². The summed E-state index contributed by atoms with van der Waals surface area (Å²) in [7, 11) is -3.43. The Bertz CT molecular complexity index is 1110. The maximum absolute atomic E-state index is 13.7. The second kappa shape index (κ2) is 9.23. The van der Waals surface area contributed by atoms with Crippen LogP contribution in [0, 0.1) is 11.6 Å². The molecule has 3 rings (SSSR count). The molecule has 0 atom stereocenters. The number of rotatable bonds is 8. The third kappa shape index (κ3) is 5.87. The number of nitrogens with one attached hydrogen (secondary N) is 1. The second-order valence-electron chi connectivity index (χ2n) is 7.12. The van der Waals surface area contributed by atoms with E-state index in [1.165, 1.54) is 23.9 Å². The van der Waals surface area contributed by atoms with Crippen LogP contribution in [0.15, 0.2) is 52.6 Å². The van der Waals surface area contributed by atoms with E-state index >= 15 is 0 Å². The maximum Gasteiger partial charge on any atom is 0.209 e. The van der Waals surface area contributed by atoms with Crippen LogP contribution < -0.4 is 4.72 Å². The third-order valence-electron chi connectivity index (χ3n) is 4.18. The highest BCUT2D eigenvalue weighted by atomic mass is 32.2. The SMILES string of the molecule is CC(C)c1nc(CNS(C)(=O)=O)n(Cc2cccnc2)c1Sc1cc(F)cc(F)c1. The molecule has 2 aromatic heterocycles. The van der Waals surface area contributed by atoms with Crippen molar-refractivity contribution in [2.75, 3.05) is 6.26 Å². The summed E-state index contributed by atoms with van der Waals surface area (Å²) in [6.07, 6.45) is 4.45. The minimum atomic E-state index is -3.43. The first kappa shape index (κ1) is 22.4. The maximum atomic E-state index is 13.7. The van der Waals surface area contributed by atoms with Gasteiger partial charge in [0, 0.05) is 23.4 Å². The van der Waals surface area contributed by atoms with E-state index in [0.29, 0.717) is 22.3 Å². The highest BCUT2D eigenvalue weighted by molar-refractivity contribution is 7.99. The van der Waals surface area contributed by atoms with Gasteiger partial charge >= 0.3 is 0 Å². The van der Waals surface area contributed by atoms with Gasteiger partial charge in [-0.05, 0) is 29.7 Å². The van der Waals surface area contributed by atoms with Crippen molar-refractivity contribution in [2.24, 2.45) is 0 Å². The summed E-state index contributed by atoms with van der Waals surface area (Å²) in [5.41, 5.74) is 1.61. The quantitative estimate of drug-likeness (QED) is 0.560. The Labute approximate surface area is 178 Å². The van der Waals surface area contributed by atoms with Crippen LogP contribution in [0.3, 0.4) is 0 Å². The molecule has 0 saturated heterocycles. The molecule has 0 saturated carbocycles. The number of hydrogen-bond donors (Lipinski definition) is 1. The largest absolute Gasteiger partial charge is 0.317 e. The fraction of sp³-hybridized carbons (Fsp3) is 0.300. The summed E-state index contributed by atoms with van der Waals surface area (Å²) in [5.74, 6) is -0.813. The van der Waals surface area contributed by atoms with Gasteiger partial charge in [0.2, 0.25) is 10.0 Å². The molecule has 0 fully saturated rings. The molecule has 2 heterocycles. The molecule has 0 spiro atoms. The molecule has 0 aliphatic carbocycles. The number of sulfonamides is 1. The van der Waals surface area contributed by atoms with Crippen LogP contribution in [-0.4, -0.2) is 29.2 Å². The van der Waals surface area contributed by atoms with Crippen LogP contribution in [0.2, 0.25) is 0 Å². The van der Waals surface area contributed by atoms with Crippen molar-refractivity contribution in [3.8, 4) is 0 Å². The summed E-state index contributed by atoms with van der Waals surface area (Å²) in [5, 5.41) is 0.698. The molecule has 0 bridgehead atoms. The van der Waals surface area contributed by atoms with Crippen molar-refractivity contribution >= 4 is 21.8 Å². The Morgan fingerprint density at radius 2 is 1.90 bits per heavy atom. The van der Waals surface area contributed by atoms with Crippen molar-refractivity contribution in [3.05, 3.63) is 71.4 Å². The predicted molar refractivity (Wildman–Crippen MR) is 112 cm³/mol. The number of imidazole rings is 1. The van der Waals surface area contributed by atoms with E-state index in [0.717, 1.165) is 23.6 Å². The minimum absolute atomic E-state index is 0.00309. The summed E-state index contributed by atoms with van der Waals surface area (Å²) in [4.78, 5) is 9.17. The Morgan fingerprint density at radius 3 is 2.47 bits per heavy atom. The van der Waals surface area contributed by atoms with Crippen molar-refractivity contribution in [3.63, 3.8) is 0 Å². The Hall–Kier alpha value is -2.30. The molecule has 0 aliphatic heterocycles. The van der Waals surface area contributed by atoms with Gasteiger partial charge in [0.1, 0.15) is 22.5 Å². The Balaban J connectivity index is 2.09. The number of halogens is 2. The lowest BCUT2D eigenvalue weighted by molar-refractivity contribution is 0.576. The van der Waals surface area contributed by atoms with Gasteiger partial charge in [-0.15, -0.1) is 0 Å². The van der Waals surface area contributed by atoms with E-state index in [1.807, 2.05) is 24.5 Å². The smallest absolute Gasteiger partial charge is 0.209 e. The molecule has 6 nitrogen and oxygen atoms in total. The van der Waals surface area contributed by atoms with Gasteiger partial charge in [-0.1, -0.05) is 31.7 Å². The van der Waals surface area contributed by atoms with Crippen molar-refractivity contribution < 1.29 is 17.2 Å². The van der Waals surface area contributed by atoms with Gasteiger partial charge in [0.15, 0.2) is 0 Å². The monoisotopic (exact) mass is 452 g/mol. The van der Waals surface area contributed by atoms with Gasteiger partial charge in [-0.25, -0.2) is 26.9 Å². The van der Waals surface area contributed by atoms with Gasteiger partial charge in [-0.2, -0.15) is 0 Å². The molecule has 1 aromatic carbocycles. The number of benzene rings is 1. The highest BCUT2D eigenvalue weighted by Crippen LogP contribution is 2.36. The minimum Gasteiger partial charge on any atom is -0.317 e. The van der Waals surface area contributed by atoms with Crippen molar-refractivity contribution in [2.45, 2.75) is 42.8 Å². The molecule has 30 heavy (non-hydrogen) atoms. The average molecular weight is 453 g/mol. The zero-order chi connectivity index (χ0) is 21.9. The van der Waals surface area contributed by atoms with Gasteiger partial charge < -0.3 is 4.57 Å². The first-order valence-electron chi connectivity index (χ1n) is 9.19. The lowest BCUT2D eigenvalue weighted by Gasteiger charge is -2.14. The standard InChI is InChI=1S/C20H22F2N4O2S2/c1-13(2)19-20(29-17-8-15(21)7-16(22)9-17)26(12-14-5-4-6-23-10-14)18(25-19)11-24-30(3,27)28/h4-10,13,24H,11-12H2,1-3H3. The second-order valence-corrected chi connectivity index (χ2v) is 10.0. The van der Waals surface area contributed by atoms with Crippen LogP contribution in [-0.2, 0) is 23.1 Å². The van der Waals surface area contributed by atoms with Crippen molar-refractivity contribution in [1.29, 1.82) is 0 Å². The van der Waals surface area contributed by atoms with Crippen LogP contribution in [0.25, 0.3) is 0 Å². The number of nitrogens with zero attached hydrogens (tertiary/aromatic N) is 3. The number of hydrogen-bond acceptors (Lipinski definition) is 5. The van der Waals surface area contributed by atoms with Crippen LogP contribution in [0.4, 0.5) is 8.78 Å². The van der Waals surface area contributed by atoms with Gasteiger partial charge in [0.25, 0.3) is 0 Å². The molecule has 10 heteroatoms. The van der Waals surface area contributed by atoms with Crippen LogP contribution in [0.1, 0.15) is 36.8 Å². The van der Waals surface area contributed by atoms with Gasteiger partial charge in [0.05, 0.1) is 25.0 Å². The first-order chi connectivity index (χ1) is 14.1. The summed E-state index contributed by atoms with van der Waals surface area (Å²) in [6.45, 7) is 4.30. The fourth-order valence-electron chi connectivity index (χ4n) is 2.85. The normalized spacial score (nSPS) is 11.9. The average Bonchev–Trinajstić information content (AvgIpc) is 2.97. The summed E-state index contributed by atoms with van der Waals surface area (Å²) >= 11 is 1.19. The third-order valence-corrected chi connectivity index (χ3v) is 5.94. The molecule has 0 aliphatic rings. The van der Waals surface area contributed by atoms with E-state index in [9.17, 15) is 17.2 Å². The zero-order valence-electron chi connectivity index (χ0n) is 16.8. The molecule has 1 N–H and O–H groups in total. The number of aromatic nitrogens is 3. The summed E-state index contributed by atoms with van der Waals surface area (Å²) in [6, 6.07) is 7.04. The van der Waals surface area contributed by atoms with Crippen molar-refractivity contribution in [1.82, 2.24) is 19.3 Å². The lowest BCUT2D eigenvalue weighted by atomic mass is 10.1. The molecule has 160 valence electrons. The topological polar surface area (TPSA) is 76.9 Å². The van der Waals surface area contributed by atoms with Gasteiger partial charge in [-0.3, -0.25) is 4.98 Å². The Kier molecular flexibility index (Phi) is 6.89. The fourth-order valence-corrected chi connectivity index (χ4v) is 4.48. The van der Waals surface area contributed by atoms with E-state index in [-0.39, 0.29) is 12.5 Å². The van der Waals surface area contributed by atoms with E-state index < -0.39 is 21.7 Å². The number of pyridine rings is 1. The highest BCUT2D eigenvalue weighted by Gasteiger charge is 2.22. The van der Waals surface area contributed by atoms with Crippen LogP contribution >= 0.6 is 11.8 Å². The van der Waals surface area contributed by atoms with E-state index in [1.54, 1.807) is 18.5 Å². The lowest BCUT2D eigenvalue weighted by Crippen LogP contribution is -2.23. The first-order valence-corrected chi connectivity index (χ1v) is 11.9. The molecule has 3 aromatic rings. The molecular formula is C20H22F2N4O2S2. The zero-order valence-corrected chi connectivity index (χ0v) is 18.4. The molecule has 0 unspecified atom stereocenters. The molecular weight excluding hydrogens is 430 g/mol. The van der Waals surface area contributed by atoms with E-state index in [2.05, 4.69) is 14.7 Å². The Morgan fingerprint density at radius 1 is 1.20 bits per heavy atom. The van der Waals surface area contributed by atoms with E-state index in [4.69, 9.17) is 0 Å².